The van der Waals surface area contributed by atoms with Gasteiger partial charge in [0, 0.05) is 5.25 Å². The summed E-state index contributed by atoms with van der Waals surface area (Å²) >= 11 is 4.40. The SMILES string of the molecule is NCCCCC1(C(=O)O)CCCC1S.O=C(O)C(F)(F)F. The van der Waals surface area contributed by atoms with Crippen LogP contribution >= 0.6 is 12.6 Å². The monoisotopic (exact) mass is 331 g/mol. The molecule has 21 heavy (non-hydrogen) atoms. The number of unbranched alkanes of at least 4 members (excludes halogenated alkanes) is 1. The number of hydrogen-bond donors (Lipinski definition) is 4. The van der Waals surface area contributed by atoms with Gasteiger partial charge in [0.25, 0.3) is 0 Å². The van der Waals surface area contributed by atoms with Gasteiger partial charge in [0.2, 0.25) is 0 Å². The fourth-order valence-corrected chi connectivity index (χ4v) is 2.84. The topological polar surface area (TPSA) is 101 Å². The molecule has 0 heterocycles. The molecule has 4 N–H and O–H groups in total. The van der Waals surface area contributed by atoms with Crippen LogP contribution in [0.2, 0.25) is 0 Å². The van der Waals surface area contributed by atoms with Crippen LogP contribution in [0.1, 0.15) is 38.5 Å². The van der Waals surface area contributed by atoms with Crippen molar-refractivity contribution in [2.45, 2.75) is 50.0 Å². The van der Waals surface area contributed by atoms with Crippen LogP contribution in [0, 0.1) is 5.41 Å². The van der Waals surface area contributed by atoms with E-state index >= 15 is 0 Å². The summed E-state index contributed by atoms with van der Waals surface area (Å²) in [5, 5.41) is 16.4. The van der Waals surface area contributed by atoms with Gasteiger partial charge in [-0.2, -0.15) is 25.8 Å². The summed E-state index contributed by atoms with van der Waals surface area (Å²) in [6.07, 6.45) is 0.158. The fourth-order valence-electron chi connectivity index (χ4n) is 2.29. The van der Waals surface area contributed by atoms with Gasteiger partial charge in [-0.15, -0.1) is 0 Å². The minimum Gasteiger partial charge on any atom is -0.481 e. The summed E-state index contributed by atoms with van der Waals surface area (Å²) in [5.74, 6) is -3.43. The van der Waals surface area contributed by atoms with Crippen LogP contribution in [0.5, 0.6) is 0 Å². The zero-order valence-electron chi connectivity index (χ0n) is 11.4. The average Bonchev–Trinajstić information content (AvgIpc) is 2.72. The van der Waals surface area contributed by atoms with E-state index in [1.165, 1.54) is 0 Å². The van der Waals surface area contributed by atoms with E-state index in [2.05, 4.69) is 12.6 Å². The maximum atomic E-state index is 11.2. The Morgan fingerprint density at radius 3 is 2.10 bits per heavy atom. The molecule has 2 atom stereocenters. The second-order valence-electron chi connectivity index (χ2n) is 4.92. The van der Waals surface area contributed by atoms with Crippen LogP contribution in [-0.4, -0.2) is 40.1 Å². The molecular weight excluding hydrogens is 311 g/mol. The molecular formula is C12H20F3NO4S. The lowest BCUT2D eigenvalue weighted by atomic mass is 9.81. The zero-order valence-corrected chi connectivity index (χ0v) is 12.3. The van der Waals surface area contributed by atoms with E-state index in [-0.39, 0.29) is 5.25 Å². The highest BCUT2D eigenvalue weighted by Crippen LogP contribution is 2.45. The Balaban J connectivity index is 0.000000486. The number of carbonyl (C=O) groups is 2. The van der Waals surface area contributed by atoms with E-state index < -0.39 is 23.5 Å². The van der Waals surface area contributed by atoms with Gasteiger partial charge < -0.3 is 15.9 Å². The van der Waals surface area contributed by atoms with E-state index in [1.807, 2.05) is 0 Å². The first-order valence-electron chi connectivity index (χ1n) is 6.49. The number of nitrogens with two attached hydrogens (primary N) is 1. The second-order valence-corrected chi connectivity index (χ2v) is 5.54. The molecule has 2 unspecified atom stereocenters. The van der Waals surface area contributed by atoms with Gasteiger partial charge in [-0.25, -0.2) is 4.79 Å². The first-order chi connectivity index (χ1) is 9.58. The summed E-state index contributed by atoms with van der Waals surface area (Å²) in [4.78, 5) is 20.1. The molecule has 1 fully saturated rings. The standard InChI is InChI=1S/C10H19NO2S.C2HF3O2/c11-7-2-1-5-10(9(12)13)6-3-4-8(10)14;3-2(4,5)1(6)7/h8,14H,1-7,11H2,(H,12,13);(H,6,7). The quantitative estimate of drug-likeness (QED) is 0.457. The summed E-state index contributed by atoms with van der Waals surface area (Å²) in [6, 6.07) is 0. The number of thiol groups is 1. The summed E-state index contributed by atoms with van der Waals surface area (Å²) < 4.78 is 31.7. The lowest BCUT2D eigenvalue weighted by Gasteiger charge is -2.28. The molecule has 1 aliphatic carbocycles. The molecule has 124 valence electrons. The lowest BCUT2D eigenvalue weighted by Crippen LogP contribution is -2.35. The van der Waals surface area contributed by atoms with Crippen LogP contribution in [0.15, 0.2) is 0 Å². The van der Waals surface area contributed by atoms with E-state index in [0.29, 0.717) is 6.54 Å². The van der Waals surface area contributed by atoms with Crippen LogP contribution < -0.4 is 5.73 Å². The number of carboxylic acids is 2. The smallest absolute Gasteiger partial charge is 0.481 e. The maximum Gasteiger partial charge on any atom is 0.490 e. The van der Waals surface area contributed by atoms with E-state index in [1.54, 1.807) is 0 Å². The van der Waals surface area contributed by atoms with Crippen LogP contribution in [0.3, 0.4) is 0 Å². The van der Waals surface area contributed by atoms with Crippen molar-refractivity contribution < 1.29 is 33.0 Å². The summed E-state index contributed by atoms with van der Waals surface area (Å²) in [7, 11) is 0. The van der Waals surface area contributed by atoms with Crippen molar-refractivity contribution >= 4 is 24.6 Å². The predicted octanol–water partition coefficient (Wildman–Crippen LogP) is 2.30. The third-order valence-corrected chi connectivity index (χ3v) is 4.24. The van der Waals surface area contributed by atoms with Crippen molar-refractivity contribution in [3.8, 4) is 0 Å². The third kappa shape index (κ3) is 6.13. The van der Waals surface area contributed by atoms with Crippen LogP contribution in [-0.2, 0) is 9.59 Å². The first kappa shape index (κ1) is 20.0. The molecule has 0 amide bonds. The maximum absolute atomic E-state index is 11.2. The molecule has 5 nitrogen and oxygen atoms in total. The van der Waals surface area contributed by atoms with Crippen molar-refractivity contribution in [1.29, 1.82) is 0 Å². The highest BCUT2D eigenvalue weighted by atomic mass is 32.1. The van der Waals surface area contributed by atoms with Crippen molar-refractivity contribution in [2.75, 3.05) is 6.54 Å². The Labute approximate surface area is 126 Å². The molecule has 9 heteroatoms. The van der Waals surface area contributed by atoms with Gasteiger partial charge in [0.05, 0.1) is 5.41 Å². The number of rotatable bonds is 5. The van der Waals surface area contributed by atoms with Crippen molar-refractivity contribution in [2.24, 2.45) is 11.1 Å². The average molecular weight is 331 g/mol. The Hall–Kier alpha value is -0.960. The number of halogens is 3. The zero-order chi connectivity index (χ0) is 16.7. The van der Waals surface area contributed by atoms with Gasteiger partial charge >= 0.3 is 18.1 Å². The normalized spacial score (nSPS) is 25.1. The Morgan fingerprint density at radius 2 is 1.81 bits per heavy atom. The molecule has 1 saturated carbocycles. The Morgan fingerprint density at radius 1 is 1.29 bits per heavy atom. The summed E-state index contributed by atoms with van der Waals surface area (Å²) in [6.45, 7) is 0.646. The van der Waals surface area contributed by atoms with Gasteiger partial charge in [-0.05, 0) is 32.2 Å². The Bertz CT molecular complexity index is 365. The minimum atomic E-state index is -5.08. The molecule has 0 radical (unpaired) electrons. The molecule has 0 bridgehead atoms. The lowest BCUT2D eigenvalue weighted by molar-refractivity contribution is -0.192. The fraction of sp³-hybridized carbons (Fsp3) is 0.833. The summed E-state index contributed by atoms with van der Waals surface area (Å²) in [5.41, 5.74) is 4.83. The third-order valence-electron chi connectivity index (χ3n) is 3.48. The molecule has 1 aliphatic rings. The number of hydrogen-bond acceptors (Lipinski definition) is 4. The predicted molar refractivity (Wildman–Crippen MR) is 73.3 cm³/mol. The van der Waals surface area contributed by atoms with Gasteiger partial charge in [0.1, 0.15) is 0 Å². The molecule has 0 saturated heterocycles. The molecule has 0 aromatic heterocycles. The molecule has 1 rings (SSSR count). The van der Waals surface area contributed by atoms with E-state index in [9.17, 15) is 23.1 Å². The largest absolute Gasteiger partial charge is 0.490 e. The number of alkyl halides is 3. The molecule has 0 aliphatic heterocycles. The minimum absolute atomic E-state index is 0.0257. The second kappa shape index (κ2) is 8.47. The van der Waals surface area contributed by atoms with E-state index in [0.717, 1.165) is 38.5 Å². The number of carboxylic acid groups (broad SMARTS) is 2. The van der Waals surface area contributed by atoms with Crippen molar-refractivity contribution in [3.63, 3.8) is 0 Å². The molecule has 0 aromatic rings. The van der Waals surface area contributed by atoms with E-state index in [4.69, 9.17) is 15.6 Å². The molecule has 0 spiro atoms. The van der Waals surface area contributed by atoms with Crippen molar-refractivity contribution in [3.05, 3.63) is 0 Å². The highest BCUT2D eigenvalue weighted by molar-refractivity contribution is 7.81. The molecule has 0 aromatic carbocycles. The Kier molecular flexibility index (Phi) is 8.09. The van der Waals surface area contributed by atoms with Gasteiger partial charge in [-0.1, -0.05) is 12.8 Å². The van der Waals surface area contributed by atoms with Gasteiger partial charge in [0.15, 0.2) is 0 Å². The number of aliphatic carboxylic acids is 2. The highest BCUT2D eigenvalue weighted by Gasteiger charge is 2.46. The van der Waals surface area contributed by atoms with Crippen LogP contribution in [0.4, 0.5) is 13.2 Å². The van der Waals surface area contributed by atoms with Gasteiger partial charge in [-0.3, -0.25) is 4.79 Å². The van der Waals surface area contributed by atoms with Crippen molar-refractivity contribution in [1.82, 2.24) is 0 Å². The van der Waals surface area contributed by atoms with Crippen LogP contribution in [0.25, 0.3) is 0 Å². The first-order valence-corrected chi connectivity index (χ1v) is 7.01.